The van der Waals surface area contributed by atoms with Gasteiger partial charge < -0.3 is 9.64 Å². The third-order valence-electron chi connectivity index (χ3n) is 2.74. The standard InChI is InChI=1S/C14H24N2O3/c1-12(17)6-5-7-15-8-10-16(11-9-15)13(18)19-14(2,3)4/h5-6H,7-11H2,1-4H3/b6-5+. The van der Waals surface area contributed by atoms with Gasteiger partial charge in [-0.15, -0.1) is 0 Å². The van der Waals surface area contributed by atoms with Crippen LogP contribution in [0.1, 0.15) is 27.7 Å². The van der Waals surface area contributed by atoms with Gasteiger partial charge in [-0.1, -0.05) is 6.08 Å². The van der Waals surface area contributed by atoms with Gasteiger partial charge in [-0.2, -0.15) is 0 Å². The fourth-order valence-corrected chi connectivity index (χ4v) is 1.81. The highest BCUT2D eigenvalue weighted by atomic mass is 16.6. The molecule has 0 aromatic carbocycles. The van der Waals surface area contributed by atoms with Crippen molar-refractivity contribution in [2.24, 2.45) is 0 Å². The SMILES string of the molecule is CC(=O)/C=C/CN1CCN(C(=O)OC(C)(C)C)CC1. The van der Waals surface area contributed by atoms with Gasteiger partial charge in [-0.25, -0.2) is 4.79 Å². The lowest BCUT2D eigenvalue weighted by atomic mass is 10.2. The summed E-state index contributed by atoms with van der Waals surface area (Å²) in [4.78, 5) is 26.6. The number of ketones is 1. The van der Waals surface area contributed by atoms with Crippen molar-refractivity contribution in [1.29, 1.82) is 0 Å². The summed E-state index contributed by atoms with van der Waals surface area (Å²) < 4.78 is 5.33. The number of ether oxygens (including phenoxy) is 1. The van der Waals surface area contributed by atoms with Crippen LogP contribution in [0.3, 0.4) is 0 Å². The van der Waals surface area contributed by atoms with E-state index in [1.54, 1.807) is 11.0 Å². The van der Waals surface area contributed by atoms with E-state index in [0.29, 0.717) is 13.1 Å². The molecular weight excluding hydrogens is 244 g/mol. The molecule has 0 aromatic heterocycles. The van der Waals surface area contributed by atoms with E-state index in [0.717, 1.165) is 19.6 Å². The van der Waals surface area contributed by atoms with Crippen LogP contribution in [-0.4, -0.2) is 60.0 Å². The summed E-state index contributed by atoms with van der Waals surface area (Å²) in [5.74, 6) is 0.0624. The summed E-state index contributed by atoms with van der Waals surface area (Å²) in [6.45, 7) is 10.8. The second-order valence-electron chi connectivity index (χ2n) is 5.78. The molecule has 0 aromatic rings. The Balaban J connectivity index is 2.32. The highest BCUT2D eigenvalue weighted by Crippen LogP contribution is 2.11. The Morgan fingerprint density at radius 3 is 2.21 bits per heavy atom. The molecule has 0 aliphatic carbocycles. The molecule has 0 radical (unpaired) electrons. The fraction of sp³-hybridized carbons (Fsp3) is 0.714. The van der Waals surface area contributed by atoms with Gasteiger partial charge in [0.2, 0.25) is 0 Å². The van der Waals surface area contributed by atoms with Crippen molar-refractivity contribution in [3.05, 3.63) is 12.2 Å². The molecule has 0 N–H and O–H groups in total. The molecule has 5 nitrogen and oxygen atoms in total. The minimum absolute atomic E-state index is 0.0624. The minimum atomic E-state index is -0.446. The Hall–Kier alpha value is -1.36. The van der Waals surface area contributed by atoms with Crippen LogP contribution in [0.4, 0.5) is 4.79 Å². The molecule has 0 atom stereocenters. The Morgan fingerprint density at radius 2 is 1.74 bits per heavy atom. The van der Waals surface area contributed by atoms with E-state index in [1.165, 1.54) is 6.92 Å². The maximum absolute atomic E-state index is 11.9. The van der Waals surface area contributed by atoms with Gasteiger partial charge in [0.05, 0.1) is 0 Å². The van der Waals surface area contributed by atoms with E-state index in [-0.39, 0.29) is 11.9 Å². The van der Waals surface area contributed by atoms with Gasteiger partial charge in [0.15, 0.2) is 5.78 Å². The number of carbonyl (C=O) groups excluding carboxylic acids is 2. The van der Waals surface area contributed by atoms with Gasteiger partial charge >= 0.3 is 6.09 Å². The first kappa shape index (κ1) is 15.7. The first-order valence-electron chi connectivity index (χ1n) is 6.65. The number of carbonyl (C=O) groups is 2. The first-order chi connectivity index (χ1) is 8.78. The van der Waals surface area contributed by atoms with Crippen molar-refractivity contribution >= 4 is 11.9 Å². The number of amides is 1. The van der Waals surface area contributed by atoms with Crippen LogP contribution in [0.5, 0.6) is 0 Å². The Morgan fingerprint density at radius 1 is 1.16 bits per heavy atom. The molecule has 1 aliphatic heterocycles. The zero-order valence-electron chi connectivity index (χ0n) is 12.3. The molecule has 1 fully saturated rings. The lowest BCUT2D eigenvalue weighted by molar-refractivity contribution is -0.112. The Bertz CT molecular complexity index is 350. The van der Waals surface area contributed by atoms with Crippen LogP contribution in [0.2, 0.25) is 0 Å². The third kappa shape index (κ3) is 6.38. The van der Waals surface area contributed by atoms with Gasteiger partial charge in [0, 0.05) is 32.7 Å². The van der Waals surface area contributed by atoms with Gasteiger partial charge in [0.25, 0.3) is 0 Å². The number of allylic oxidation sites excluding steroid dienone is 1. The van der Waals surface area contributed by atoms with Crippen molar-refractivity contribution in [3.63, 3.8) is 0 Å². The van der Waals surface area contributed by atoms with E-state index >= 15 is 0 Å². The molecule has 0 unspecified atom stereocenters. The van der Waals surface area contributed by atoms with Crippen LogP contribution in [-0.2, 0) is 9.53 Å². The van der Waals surface area contributed by atoms with Crippen molar-refractivity contribution in [1.82, 2.24) is 9.80 Å². The van der Waals surface area contributed by atoms with Crippen molar-refractivity contribution in [2.75, 3.05) is 32.7 Å². The summed E-state index contributed by atoms with van der Waals surface area (Å²) in [6.07, 6.45) is 3.21. The van der Waals surface area contributed by atoms with Crippen LogP contribution >= 0.6 is 0 Å². The molecule has 0 saturated carbocycles. The predicted molar refractivity (Wildman–Crippen MR) is 74.1 cm³/mol. The lowest BCUT2D eigenvalue weighted by Crippen LogP contribution is -2.49. The topological polar surface area (TPSA) is 49.9 Å². The second-order valence-corrected chi connectivity index (χ2v) is 5.78. The van der Waals surface area contributed by atoms with Crippen molar-refractivity contribution in [3.8, 4) is 0 Å². The van der Waals surface area contributed by atoms with E-state index in [1.807, 2.05) is 26.8 Å². The monoisotopic (exact) mass is 268 g/mol. The zero-order valence-corrected chi connectivity index (χ0v) is 12.3. The fourth-order valence-electron chi connectivity index (χ4n) is 1.81. The number of piperazine rings is 1. The third-order valence-corrected chi connectivity index (χ3v) is 2.74. The molecule has 1 saturated heterocycles. The minimum Gasteiger partial charge on any atom is -0.444 e. The highest BCUT2D eigenvalue weighted by molar-refractivity contribution is 5.87. The molecular formula is C14H24N2O3. The van der Waals surface area contributed by atoms with E-state index in [9.17, 15) is 9.59 Å². The summed E-state index contributed by atoms with van der Waals surface area (Å²) in [5, 5.41) is 0. The van der Waals surface area contributed by atoms with Crippen LogP contribution in [0.25, 0.3) is 0 Å². The molecule has 0 spiro atoms. The largest absolute Gasteiger partial charge is 0.444 e. The molecule has 5 heteroatoms. The van der Waals surface area contributed by atoms with Crippen LogP contribution in [0.15, 0.2) is 12.2 Å². The Labute approximate surface area is 115 Å². The van der Waals surface area contributed by atoms with Crippen LogP contribution < -0.4 is 0 Å². The summed E-state index contributed by atoms with van der Waals surface area (Å²) in [5.41, 5.74) is -0.446. The van der Waals surface area contributed by atoms with Gasteiger partial charge in [-0.05, 0) is 33.8 Å². The van der Waals surface area contributed by atoms with Crippen LogP contribution in [0, 0.1) is 0 Å². The number of rotatable bonds is 3. The molecule has 19 heavy (non-hydrogen) atoms. The van der Waals surface area contributed by atoms with Crippen molar-refractivity contribution in [2.45, 2.75) is 33.3 Å². The number of nitrogens with zero attached hydrogens (tertiary/aromatic N) is 2. The molecule has 108 valence electrons. The first-order valence-corrected chi connectivity index (χ1v) is 6.65. The second kappa shape index (κ2) is 6.70. The van der Waals surface area contributed by atoms with Crippen molar-refractivity contribution < 1.29 is 14.3 Å². The Kier molecular flexibility index (Phi) is 5.54. The maximum Gasteiger partial charge on any atom is 0.410 e. The number of hydrogen-bond donors (Lipinski definition) is 0. The van der Waals surface area contributed by atoms with Gasteiger partial charge in [0.1, 0.15) is 5.60 Å². The predicted octanol–water partition coefficient (Wildman–Crippen LogP) is 1.68. The zero-order chi connectivity index (χ0) is 14.5. The normalized spacial score (nSPS) is 17.8. The smallest absolute Gasteiger partial charge is 0.410 e. The van der Waals surface area contributed by atoms with E-state index < -0.39 is 5.60 Å². The van der Waals surface area contributed by atoms with Gasteiger partial charge in [-0.3, -0.25) is 9.69 Å². The average molecular weight is 268 g/mol. The summed E-state index contributed by atoms with van der Waals surface area (Å²) in [7, 11) is 0. The summed E-state index contributed by atoms with van der Waals surface area (Å²) >= 11 is 0. The molecule has 1 amide bonds. The highest BCUT2D eigenvalue weighted by Gasteiger charge is 2.25. The summed E-state index contributed by atoms with van der Waals surface area (Å²) in [6, 6.07) is 0. The average Bonchev–Trinajstić information content (AvgIpc) is 2.27. The lowest BCUT2D eigenvalue weighted by Gasteiger charge is -2.35. The molecule has 1 aliphatic rings. The molecule has 1 heterocycles. The molecule has 1 rings (SSSR count). The maximum atomic E-state index is 11.9. The van der Waals surface area contributed by atoms with E-state index in [2.05, 4.69) is 4.90 Å². The molecule has 0 bridgehead atoms. The quantitative estimate of drug-likeness (QED) is 0.731. The number of hydrogen-bond acceptors (Lipinski definition) is 4. The van der Waals surface area contributed by atoms with E-state index in [4.69, 9.17) is 4.74 Å².